The average Bonchev–Trinajstić information content (AvgIpc) is 3.20. The number of terminal acetylenes is 1. The number of carbonyl (C=O) groups is 3. The fourth-order valence-electron chi connectivity index (χ4n) is 6.46. The Morgan fingerprint density at radius 2 is 1.05 bits per heavy atom. The van der Waals surface area contributed by atoms with Crippen LogP contribution in [0.1, 0.15) is 205 Å². The van der Waals surface area contributed by atoms with Gasteiger partial charge in [0.25, 0.3) is 0 Å². The summed E-state index contributed by atoms with van der Waals surface area (Å²) in [5.41, 5.74) is 2.64. The van der Waals surface area contributed by atoms with Crippen LogP contribution in [0.2, 0.25) is 0 Å². The smallest absolute Gasteiger partial charge is 0.302 e. The fraction of sp³-hybridized carbons (Fsp3) is 0.706. The minimum Gasteiger partial charge on any atom is -0.508 e. The van der Waals surface area contributed by atoms with Gasteiger partial charge in [0.15, 0.2) is 5.78 Å². The third kappa shape index (κ3) is 43.0. The molecule has 4 unspecified atom stereocenters. The summed E-state index contributed by atoms with van der Waals surface area (Å²) < 4.78 is 9.42. The van der Waals surface area contributed by atoms with Gasteiger partial charge in [-0.25, -0.2) is 0 Å². The first-order valence-corrected chi connectivity index (χ1v) is 23.1. The summed E-state index contributed by atoms with van der Waals surface area (Å²) in [7, 11) is 0. The molecule has 0 bridgehead atoms. The number of ketones is 1. The molecule has 0 amide bonds. The maximum absolute atomic E-state index is 11.1. The second-order valence-electron chi connectivity index (χ2n) is 16.5. The lowest BCUT2D eigenvalue weighted by atomic mass is 10.0. The number of hydrogen-bond acceptors (Lipinski definition) is 10. The summed E-state index contributed by atoms with van der Waals surface area (Å²) in [5.74, 6) is 2.13. The van der Waals surface area contributed by atoms with Gasteiger partial charge in [0.05, 0.1) is 24.4 Å². The molecule has 0 aliphatic rings. The maximum atomic E-state index is 11.1. The van der Waals surface area contributed by atoms with Gasteiger partial charge in [0.2, 0.25) is 0 Å². The predicted octanol–water partition coefficient (Wildman–Crippen LogP) is 10.8. The summed E-state index contributed by atoms with van der Waals surface area (Å²) in [6.45, 7) is 11.8. The van der Waals surface area contributed by atoms with Crippen molar-refractivity contribution in [3.05, 3.63) is 53.6 Å². The zero-order chi connectivity index (χ0) is 46.1. The summed E-state index contributed by atoms with van der Waals surface area (Å²) in [5, 5.41) is 48.4. The molecule has 10 heteroatoms. The van der Waals surface area contributed by atoms with Crippen LogP contribution in [0.5, 0.6) is 5.75 Å². The van der Waals surface area contributed by atoms with Crippen LogP contribution in [0.3, 0.4) is 0 Å². The number of allylic oxidation sites excluding steroid dienone is 3. The van der Waals surface area contributed by atoms with Gasteiger partial charge in [-0.3, -0.25) is 14.4 Å². The van der Waals surface area contributed by atoms with E-state index >= 15 is 0 Å². The van der Waals surface area contributed by atoms with Gasteiger partial charge in [-0.15, -0.1) is 18.9 Å². The first kappa shape index (κ1) is 59.6. The van der Waals surface area contributed by atoms with E-state index in [9.17, 15) is 39.9 Å². The van der Waals surface area contributed by atoms with Crippen LogP contribution < -0.4 is 0 Å². The Morgan fingerprint density at radius 1 is 0.639 bits per heavy atom. The van der Waals surface area contributed by atoms with Gasteiger partial charge >= 0.3 is 11.9 Å². The van der Waals surface area contributed by atoms with Gasteiger partial charge in [-0.05, 0) is 83.1 Å². The number of unbranched alkanes of at least 4 members (excludes halogenated alkanes) is 18. The number of rotatable bonds is 34. The Bertz CT molecular complexity index is 1330. The van der Waals surface area contributed by atoms with Gasteiger partial charge in [-0.2, -0.15) is 0 Å². The lowest BCUT2D eigenvalue weighted by Gasteiger charge is -2.15. The second kappa shape index (κ2) is 41.8. The number of carbonyl (C=O) groups excluding carboxylic acids is 3. The first-order chi connectivity index (χ1) is 29.1. The number of phenols is 1. The van der Waals surface area contributed by atoms with Crippen molar-refractivity contribution in [2.45, 2.75) is 220 Å². The van der Waals surface area contributed by atoms with Crippen LogP contribution in [-0.2, 0) is 25.5 Å². The van der Waals surface area contributed by atoms with Crippen molar-refractivity contribution in [2.75, 3.05) is 13.2 Å². The van der Waals surface area contributed by atoms with E-state index in [0.29, 0.717) is 24.8 Å². The Balaban J connectivity index is 0. The highest BCUT2D eigenvalue weighted by molar-refractivity contribution is 5.94. The van der Waals surface area contributed by atoms with E-state index in [1.54, 1.807) is 18.2 Å². The summed E-state index contributed by atoms with van der Waals surface area (Å²) in [4.78, 5) is 32.4. The Kier molecular flexibility index (Phi) is 40.9. The Morgan fingerprint density at radius 3 is 1.43 bits per heavy atom. The topological polar surface area (TPSA) is 171 Å². The molecule has 10 nitrogen and oxygen atoms in total. The van der Waals surface area contributed by atoms with Gasteiger partial charge in [0.1, 0.15) is 19.0 Å². The third-order valence-electron chi connectivity index (χ3n) is 10.1. The average molecular weight is 859 g/mol. The normalized spacial score (nSPS) is 12.5. The van der Waals surface area contributed by atoms with Crippen LogP contribution in [0.15, 0.2) is 42.5 Å². The standard InChI is InChI=1S/C19H36O4.C19H34O4.C13H16O2/c2*1-3-4-5-6-7-8-9-10-11-12-13-14-18(21)15-19(22)16-23-17(2)20;1-9(2)4-5-12-8-11(10(3)14)6-7-13(12)15/h3,18-19,21-22H,1,4-16H2,2H3;1,18-19,21-22H,4-16H2,2H3;4,6-8,15H,5H2,1-3H3. The van der Waals surface area contributed by atoms with Crippen LogP contribution >= 0.6 is 0 Å². The monoisotopic (exact) mass is 859 g/mol. The van der Waals surface area contributed by atoms with Crippen LogP contribution in [0, 0.1) is 12.3 Å². The van der Waals surface area contributed by atoms with E-state index in [1.165, 1.54) is 110 Å². The predicted molar refractivity (Wildman–Crippen MR) is 248 cm³/mol. The molecule has 1 aromatic carbocycles. The van der Waals surface area contributed by atoms with Gasteiger partial charge in [0, 0.05) is 38.7 Å². The third-order valence-corrected chi connectivity index (χ3v) is 10.1. The summed E-state index contributed by atoms with van der Waals surface area (Å²) in [6.07, 6.45) is 33.2. The molecule has 0 saturated carbocycles. The quantitative estimate of drug-likeness (QED) is 0.0148. The molecule has 0 aliphatic heterocycles. The molecule has 0 spiro atoms. The minimum atomic E-state index is -0.775. The number of ether oxygens (including phenoxy) is 2. The maximum Gasteiger partial charge on any atom is 0.302 e. The zero-order valence-electron chi connectivity index (χ0n) is 38.8. The molecule has 0 saturated heterocycles. The second-order valence-corrected chi connectivity index (χ2v) is 16.5. The number of benzene rings is 1. The van der Waals surface area contributed by atoms with Crippen LogP contribution in [0.4, 0.5) is 0 Å². The molecule has 5 N–H and O–H groups in total. The Hall–Kier alpha value is -3.49. The van der Waals surface area contributed by atoms with E-state index in [4.69, 9.17) is 15.9 Å². The number of hydrogen-bond donors (Lipinski definition) is 5. The molecule has 0 aliphatic carbocycles. The van der Waals surface area contributed by atoms with E-state index in [0.717, 1.165) is 50.5 Å². The van der Waals surface area contributed by atoms with Crippen molar-refractivity contribution >= 4 is 17.7 Å². The largest absolute Gasteiger partial charge is 0.508 e. The molecule has 0 fully saturated rings. The lowest BCUT2D eigenvalue weighted by molar-refractivity contribution is -0.145. The number of aromatic hydroxyl groups is 1. The number of Topliss-reactive ketones (excluding diaryl/α,β-unsaturated/α-hetero) is 1. The molecule has 61 heavy (non-hydrogen) atoms. The van der Waals surface area contributed by atoms with Crippen LogP contribution in [-0.4, -0.2) is 80.9 Å². The number of aliphatic hydroxyl groups excluding tert-OH is 4. The lowest BCUT2D eigenvalue weighted by Crippen LogP contribution is -2.23. The highest BCUT2D eigenvalue weighted by atomic mass is 16.5. The fourth-order valence-corrected chi connectivity index (χ4v) is 6.46. The molecule has 1 rings (SSSR count). The van der Waals surface area contributed by atoms with E-state index in [2.05, 4.69) is 12.5 Å². The highest BCUT2D eigenvalue weighted by Gasteiger charge is 2.14. The molecular formula is C51H86O10. The Labute approximate surface area is 370 Å². The number of esters is 2. The van der Waals surface area contributed by atoms with Crippen molar-refractivity contribution in [3.63, 3.8) is 0 Å². The molecule has 4 atom stereocenters. The molecule has 350 valence electrons. The molecule has 0 radical (unpaired) electrons. The molecule has 0 heterocycles. The van der Waals surface area contributed by atoms with Crippen molar-refractivity contribution in [1.29, 1.82) is 0 Å². The van der Waals surface area contributed by atoms with Crippen molar-refractivity contribution in [2.24, 2.45) is 0 Å². The van der Waals surface area contributed by atoms with Gasteiger partial charge < -0.3 is 35.0 Å². The molecule has 0 aromatic heterocycles. The number of phenolic OH excluding ortho intramolecular Hbond substituents is 1. The molecule has 1 aromatic rings. The van der Waals surface area contributed by atoms with E-state index in [-0.39, 0.29) is 37.6 Å². The first-order valence-electron chi connectivity index (χ1n) is 23.1. The number of aliphatic hydroxyl groups is 4. The highest BCUT2D eigenvalue weighted by Crippen LogP contribution is 2.20. The van der Waals surface area contributed by atoms with Crippen molar-refractivity contribution in [1.82, 2.24) is 0 Å². The SMILES string of the molecule is C#CCCCCCCCCCCCC(O)CC(O)COC(C)=O.C=CCCCCCCCCCCCC(O)CC(O)COC(C)=O.CC(=O)c1ccc(O)c(CC=C(C)C)c1. The molecular weight excluding hydrogens is 773 g/mol. The van der Waals surface area contributed by atoms with Gasteiger partial charge in [-0.1, -0.05) is 120 Å². The summed E-state index contributed by atoms with van der Waals surface area (Å²) in [6, 6.07) is 4.96. The van der Waals surface area contributed by atoms with Crippen molar-refractivity contribution in [3.8, 4) is 18.1 Å². The van der Waals surface area contributed by atoms with Crippen molar-refractivity contribution < 1.29 is 49.4 Å². The minimum absolute atomic E-state index is 0.0217. The zero-order valence-corrected chi connectivity index (χ0v) is 38.8. The summed E-state index contributed by atoms with van der Waals surface area (Å²) >= 11 is 0. The van der Waals surface area contributed by atoms with E-state index < -0.39 is 36.4 Å². The van der Waals surface area contributed by atoms with E-state index in [1.807, 2.05) is 26.0 Å². The van der Waals surface area contributed by atoms with Crippen LogP contribution in [0.25, 0.3) is 0 Å².